The molecule has 1 N–H and O–H groups in total. The van der Waals surface area contributed by atoms with Gasteiger partial charge in [0.25, 0.3) is 0 Å². The van der Waals surface area contributed by atoms with Crippen LogP contribution in [0.2, 0.25) is 0 Å². The van der Waals surface area contributed by atoms with Crippen LogP contribution in [0.15, 0.2) is 136 Å². The minimum absolute atomic E-state index is 0.0327. The van der Waals surface area contributed by atoms with Crippen molar-refractivity contribution in [1.82, 2.24) is 4.57 Å². The van der Waals surface area contributed by atoms with Crippen molar-refractivity contribution in [3.8, 4) is 16.8 Å². The summed E-state index contributed by atoms with van der Waals surface area (Å²) in [7, 11) is 2.38. The van der Waals surface area contributed by atoms with Crippen LogP contribution in [-0.2, 0) is 10.8 Å². The van der Waals surface area contributed by atoms with Gasteiger partial charge in [0.05, 0.1) is 5.52 Å². The van der Waals surface area contributed by atoms with Gasteiger partial charge in [0.2, 0.25) is 0 Å². The zero-order chi connectivity index (χ0) is 37.4. The number of hydrogen-bond donors (Lipinski definition) is 1. The van der Waals surface area contributed by atoms with Crippen LogP contribution in [0.1, 0.15) is 52.7 Å². The first kappa shape index (κ1) is 32.3. The van der Waals surface area contributed by atoms with Crippen molar-refractivity contribution in [2.45, 2.75) is 52.4 Å². The van der Waals surface area contributed by atoms with Gasteiger partial charge in [-0.1, -0.05) is 114 Å². The normalized spacial score (nSPS) is 13.1. The predicted molar refractivity (Wildman–Crippen MR) is 233 cm³/mol. The molecule has 7 aromatic carbocycles. The first-order valence-electron chi connectivity index (χ1n) is 19.3. The molecular formula is C50H40BN2O2. The van der Waals surface area contributed by atoms with Crippen molar-refractivity contribution in [3.05, 3.63) is 139 Å². The molecule has 0 spiro atoms. The molecule has 0 saturated heterocycles. The second kappa shape index (κ2) is 11.2. The molecule has 1 radical (unpaired) electrons. The van der Waals surface area contributed by atoms with Crippen molar-refractivity contribution in [2.24, 2.45) is 0 Å². The molecule has 4 nitrogen and oxygen atoms in total. The lowest BCUT2D eigenvalue weighted by Gasteiger charge is -2.26. The van der Waals surface area contributed by atoms with E-state index in [-0.39, 0.29) is 10.8 Å². The highest BCUT2D eigenvalue weighted by Gasteiger charge is 2.30. The maximum atomic E-state index is 6.48. The maximum absolute atomic E-state index is 6.48. The summed E-state index contributed by atoms with van der Waals surface area (Å²) in [5, 5.41) is 10.8. The molecule has 0 atom stereocenters. The van der Waals surface area contributed by atoms with Crippen LogP contribution in [0.3, 0.4) is 0 Å². The van der Waals surface area contributed by atoms with E-state index in [2.05, 4.69) is 174 Å². The zero-order valence-corrected chi connectivity index (χ0v) is 32.0. The lowest BCUT2D eigenvalue weighted by molar-refractivity contribution is 0.590. The van der Waals surface area contributed by atoms with Crippen molar-refractivity contribution in [2.75, 3.05) is 5.32 Å². The highest BCUT2D eigenvalue weighted by molar-refractivity contribution is 6.74. The van der Waals surface area contributed by atoms with E-state index in [0.717, 1.165) is 71.9 Å². The monoisotopic (exact) mass is 711 g/mol. The first-order valence-corrected chi connectivity index (χ1v) is 19.3. The maximum Gasteiger partial charge on any atom is 0.198 e. The number of fused-ring (bicyclic) bond motifs is 12. The number of nitrogens with one attached hydrogen (secondary N) is 1. The van der Waals surface area contributed by atoms with E-state index in [9.17, 15) is 0 Å². The first-order chi connectivity index (χ1) is 26.5. The molecule has 0 fully saturated rings. The van der Waals surface area contributed by atoms with E-state index >= 15 is 0 Å². The van der Waals surface area contributed by atoms with Crippen molar-refractivity contribution in [1.29, 1.82) is 0 Å². The Kier molecular flexibility index (Phi) is 6.55. The Balaban J connectivity index is 1.22. The molecule has 0 saturated carbocycles. The number of anilines is 2. The van der Waals surface area contributed by atoms with Gasteiger partial charge in [-0.15, -0.1) is 0 Å². The highest BCUT2D eigenvalue weighted by Crippen LogP contribution is 2.44. The average Bonchev–Trinajstić information content (AvgIpc) is 3.84. The average molecular weight is 712 g/mol. The lowest BCUT2D eigenvalue weighted by Crippen LogP contribution is -2.37. The van der Waals surface area contributed by atoms with E-state index in [0.29, 0.717) is 0 Å². The van der Waals surface area contributed by atoms with E-state index in [1.807, 2.05) is 12.1 Å². The van der Waals surface area contributed by atoms with Gasteiger partial charge in [0.15, 0.2) is 7.28 Å². The molecule has 265 valence electrons. The van der Waals surface area contributed by atoms with Crippen molar-refractivity contribution < 1.29 is 8.83 Å². The smallest absolute Gasteiger partial charge is 0.198 e. The number of aromatic nitrogens is 1. The van der Waals surface area contributed by atoms with Crippen LogP contribution >= 0.6 is 0 Å². The summed E-state index contributed by atoms with van der Waals surface area (Å²) in [6.07, 6.45) is 0. The van der Waals surface area contributed by atoms with Crippen molar-refractivity contribution >= 4 is 95.3 Å². The van der Waals surface area contributed by atoms with Crippen LogP contribution in [0, 0.1) is 0 Å². The highest BCUT2D eigenvalue weighted by atomic mass is 16.3. The summed E-state index contributed by atoms with van der Waals surface area (Å²) >= 11 is 0. The molecule has 1 aliphatic rings. The second-order valence-electron chi connectivity index (χ2n) is 17.3. The second-order valence-corrected chi connectivity index (χ2v) is 17.3. The van der Waals surface area contributed by atoms with Gasteiger partial charge in [0.1, 0.15) is 22.3 Å². The fourth-order valence-electron chi connectivity index (χ4n) is 8.86. The Morgan fingerprint density at radius 3 is 1.98 bits per heavy atom. The quantitative estimate of drug-likeness (QED) is 0.186. The number of furan rings is 2. The molecule has 0 aliphatic carbocycles. The Hall–Kier alpha value is -6.20. The van der Waals surface area contributed by atoms with Crippen LogP contribution in [-0.4, -0.2) is 11.8 Å². The van der Waals surface area contributed by atoms with Gasteiger partial charge in [-0.2, -0.15) is 0 Å². The van der Waals surface area contributed by atoms with Gasteiger partial charge in [-0.3, -0.25) is 0 Å². The van der Waals surface area contributed by atoms with Gasteiger partial charge in [-0.25, -0.2) is 0 Å². The van der Waals surface area contributed by atoms with Crippen LogP contribution in [0.5, 0.6) is 0 Å². The molecule has 0 unspecified atom stereocenters. The summed E-state index contributed by atoms with van der Waals surface area (Å²) in [5.74, 6) is 0. The molecule has 5 heteroatoms. The minimum atomic E-state index is -0.0327. The Labute approximate surface area is 320 Å². The fourth-order valence-corrected chi connectivity index (χ4v) is 8.86. The molecule has 0 bridgehead atoms. The standard InChI is InChI=1S/C50H40BN2O2/c1-49(2,3)28-15-18-30(19-16-28)52-38-22-17-29(50(4,5)6)25-35(38)32-20-21-34-45-39(23-24-43-46(45)33-12-8-10-14-42(33)54-43)53-40-26-36-31-11-7-9-13-41(31)55-44(36)27-37(40)51-47(32)48(34)53/h7-27,52H,1-6H3. The number of para-hydroxylation sites is 2. The van der Waals surface area contributed by atoms with E-state index in [1.165, 1.54) is 44.0 Å². The Bertz CT molecular complexity index is 3220. The van der Waals surface area contributed by atoms with Crippen molar-refractivity contribution in [3.63, 3.8) is 0 Å². The molecule has 55 heavy (non-hydrogen) atoms. The number of benzene rings is 7. The SMILES string of the molecule is CC(C)(C)c1ccc(Nc2ccc(C(C)(C)C)cc2-c2ccc3c4c5c(ccc4n4c3c2[B]c2cc3oc6ccccc6c3cc2-4)oc2ccccc25)cc1. The molecule has 0 amide bonds. The molecule has 10 aromatic rings. The minimum Gasteiger partial charge on any atom is -0.456 e. The predicted octanol–water partition coefficient (Wildman–Crippen LogP) is 12.6. The molecular weight excluding hydrogens is 671 g/mol. The lowest BCUT2D eigenvalue weighted by atomic mass is 9.59. The third kappa shape index (κ3) is 4.78. The van der Waals surface area contributed by atoms with Crippen LogP contribution < -0.4 is 16.2 Å². The van der Waals surface area contributed by atoms with Gasteiger partial charge < -0.3 is 18.7 Å². The summed E-state index contributed by atoms with van der Waals surface area (Å²) in [4.78, 5) is 0. The number of hydrogen-bond acceptors (Lipinski definition) is 3. The zero-order valence-electron chi connectivity index (χ0n) is 32.0. The largest absolute Gasteiger partial charge is 0.456 e. The summed E-state index contributed by atoms with van der Waals surface area (Å²) in [6, 6.07) is 46.2. The summed E-state index contributed by atoms with van der Waals surface area (Å²) in [5.41, 5.74) is 16.6. The van der Waals surface area contributed by atoms with Gasteiger partial charge in [-0.05, 0) is 93.6 Å². The van der Waals surface area contributed by atoms with E-state index in [4.69, 9.17) is 8.83 Å². The Morgan fingerprint density at radius 1 is 0.527 bits per heavy atom. The number of rotatable bonds is 3. The molecule has 1 aliphatic heterocycles. The molecule has 3 aromatic heterocycles. The fraction of sp³-hybridized carbons (Fsp3) is 0.160. The summed E-state index contributed by atoms with van der Waals surface area (Å²) in [6.45, 7) is 13.6. The third-order valence-electron chi connectivity index (χ3n) is 11.7. The topological polar surface area (TPSA) is 43.2 Å². The van der Waals surface area contributed by atoms with E-state index in [1.54, 1.807) is 0 Å². The molecule has 11 rings (SSSR count). The van der Waals surface area contributed by atoms with Gasteiger partial charge in [0, 0.05) is 60.5 Å². The van der Waals surface area contributed by atoms with E-state index < -0.39 is 0 Å². The number of nitrogens with zero attached hydrogens (tertiary/aromatic N) is 1. The Morgan fingerprint density at radius 2 is 1.22 bits per heavy atom. The van der Waals surface area contributed by atoms with Crippen LogP contribution in [0.25, 0.3) is 82.5 Å². The van der Waals surface area contributed by atoms with Crippen LogP contribution in [0.4, 0.5) is 11.4 Å². The molecule has 4 heterocycles. The van der Waals surface area contributed by atoms with Gasteiger partial charge >= 0.3 is 0 Å². The third-order valence-corrected chi connectivity index (χ3v) is 11.7. The summed E-state index contributed by atoms with van der Waals surface area (Å²) < 4.78 is 15.4.